The van der Waals surface area contributed by atoms with Gasteiger partial charge < -0.3 is 10.6 Å². The van der Waals surface area contributed by atoms with Gasteiger partial charge in [0.05, 0.1) is 6.54 Å². The number of halogens is 2. The Labute approximate surface area is 92.6 Å². The molecule has 5 heteroatoms. The van der Waals surface area contributed by atoms with Crippen molar-refractivity contribution in [1.82, 2.24) is 4.90 Å². The summed E-state index contributed by atoms with van der Waals surface area (Å²) in [5.41, 5.74) is 5.96. The highest BCUT2D eigenvalue weighted by atomic mass is 19.1. The molecule has 0 aliphatic carbocycles. The van der Waals surface area contributed by atoms with E-state index in [4.69, 9.17) is 5.73 Å². The number of nitrogens with zero attached hydrogens (tertiary/aromatic N) is 2. The summed E-state index contributed by atoms with van der Waals surface area (Å²) in [7, 11) is 1.78. The third-order valence-corrected chi connectivity index (χ3v) is 2.76. The van der Waals surface area contributed by atoms with E-state index in [1.165, 1.54) is 6.07 Å². The predicted octanol–water partition coefficient (Wildman–Crippen LogP) is 1.31. The smallest absolute Gasteiger partial charge is 0.191 e. The monoisotopic (exact) mass is 225 g/mol. The minimum absolute atomic E-state index is 0.145. The molecule has 2 rings (SSSR count). The predicted molar refractivity (Wildman–Crippen MR) is 58.2 cm³/mol. The number of nitrogens with two attached hydrogens (primary N) is 1. The lowest BCUT2D eigenvalue weighted by Gasteiger charge is -2.29. The minimum atomic E-state index is -0.429. The van der Waals surface area contributed by atoms with E-state index in [1.54, 1.807) is 11.9 Å². The normalized spacial score (nSPS) is 20.8. The Morgan fingerprint density at radius 3 is 2.88 bits per heavy atom. The van der Waals surface area contributed by atoms with Crippen molar-refractivity contribution in [3.05, 3.63) is 35.4 Å². The number of hydrogen-bond acceptors (Lipinski definition) is 3. The van der Waals surface area contributed by atoms with E-state index >= 15 is 0 Å². The van der Waals surface area contributed by atoms with Crippen molar-refractivity contribution in [3.63, 3.8) is 0 Å². The molecule has 0 fully saturated rings. The average Bonchev–Trinajstić information content (AvgIpc) is 2.26. The van der Waals surface area contributed by atoms with Crippen molar-refractivity contribution in [2.75, 3.05) is 20.1 Å². The quantitative estimate of drug-likeness (QED) is 0.783. The molecule has 1 aromatic rings. The van der Waals surface area contributed by atoms with Crippen molar-refractivity contribution < 1.29 is 8.78 Å². The fourth-order valence-electron chi connectivity index (χ4n) is 1.83. The molecular weight excluding hydrogens is 212 g/mol. The van der Waals surface area contributed by atoms with Gasteiger partial charge in [-0.1, -0.05) is 0 Å². The summed E-state index contributed by atoms with van der Waals surface area (Å²) in [6, 6.07) is 3.49. The van der Waals surface area contributed by atoms with E-state index < -0.39 is 11.6 Å². The standard InChI is InChI=1S/C11H13F2N3/c1-16-6-7(5-15-11(16)14)9-4-8(12)2-3-10(9)13/h2-4,7H,5-6H2,1H3,(H2,14,15). The van der Waals surface area contributed by atoms with Crippen molar-refractivity contribution in [2.24, 2.45) is 10.7 Å². The maximum absolute atomic E-state index is 13.5. The van der Waals surface area contributed by atoms with Crippen LogP contribution in [0.2, 0.25) is 0 Å². The summed E-state index contributed by atoms with van der Waals surface area (Å²) in [6.07, 6.45) is 0. The Morgan fingerprint density at radius 2 is 2.19 bits per heavy atom. The van der Waals surface area contributed by atoms with Gasteiger partial charge in [-0.2, -0.15) is 0 Å². The van der Waals surface area contributed by atoms with Gasteiger partial charge in [0, 0.05) is 19.5 Å². The number of aliphatic imine (C=N–C) groups is 1. The molecule has 86 valence electrons. The van der Waals surface area contributed by atoms with Crippen molar-refractivity contribution in [1.29, 1.82) is 0 Å². The van der Waals surface area contributed by atoms with Gasteiger partial charge in [0.1, 0.15) is 11.6 Å². The van der Waals surface area contributed by atoms with Gasteiger partial charge in [-0.05, 0) is 23.8 Å². The molecule has 1 aliphatic heterocycles. The van der Waals surface area contributed by atoms with Crippen LogP contribution >= 0.6 is 0 Å². The van der Waals surface area contributed by atoms with Crippen LogP contribution in [0.5, 0.6) is 0 Å². The van der Waals surface area contributed by atoms with E-state index in [0.29, 0.717) is 24.6 Å². The first-order valence-electron chi connectivity index (χ1n) is 5.04. The van der Waals surface area contributed by atoms with E-state index in [-0.39, 0.29) is 5.92 Å². The van der Waals surface area contributed by atoms with Gasteiger partial charge in [-0.3, -0.25) is 4.99 Å². The summed E-state index contributed by atoms with van der Waals surface area (Å²) < 4.78 is 26.5. The molecule has 2 N–H and O–H groups in total. The van der Waals surface area contributed by atoms with Crippen LogP contribution in [0, 0.1) is 11.6 Å². The molecule has 0 aromatic heterocycles. The molecule has 0 saturated heterocycles. The van der Waals surface area contributed by atoms with Crippen LogP contribution in [0.4, 0.5) is 8.78 Å². The van der Waals surface area contributed by atoms with Crippen molar-refractivity contribution in [3.8, 4) is 0 Å². The first-order chi connectivity index (χ1) is 7.58. The molecule has 1 atom stereocenters. The molecule has 0 saturated carbocycles. The highest BCUT2D eigenvalue weighted by molar-refractivity contribution is 5.78. The molecule has 1 aromatic carbocycles. The molecule has 3 nitrogen and oxygen atoms in total. The zero-order valence-corrected chi connectivity index (χ0v) is 8.95. The molecule has 16 heavy (non-hydrogen) atoms. The van der Waals surface area contributed by atoms with Crippen LogP contribution in [-0.4, -0.2) is 31.0 Å². The van der Waals surface area contributed by atoms with Gasteiger partial charge in [0.15, 0.2) is 5.96 Å². The highest BCUT2D eigenvalue weighted by Gasteiger charge is 2.22. The Morgan fingerprint density at radius 1 is 1.44 bits per heavy atom. The summed E-state index contributed by atoms with van der Waals surface area (Å²) in [5.74, 6) is -0.530. The molecule has 0 bridgehead atoms. The minimum Gasteiger partial charge on any atom is -0.370 e. The third-order valence-electron chi connectivity index (χ3n) is 2.76. The lowest BCUT2D eigenvalue weighted by molar-refractivity contribution is 0.412. The van der Waals surface area contributed by atoms with E-state index in [0.717, 1.165) is 12.1 Å². The van der Waals surface area contributed by atoms with Gasteiger partial charge >= 0.3 is 0 Å². The van der Waals surface area contributed by atoms with Crippen LogP contribution in [0.15, 0.2) is 23.2 Å². The molecule has 1 aliphatic rings. The molecule has 0 spiro atoms. The van der Waals surface area contributed by atoms with E-state index in [2.05, 4.69) is 4.99 Å². The number of benzene rings is 1. The second-order valence-electron chi connectivity index (χ2n) is 3.94. The second-order valence-corrected chi connectivity index (χ2v) is 3.94. The van der Waals surface area contributed by atoms with Gasteiger partial charge in [-0.15, -0.1) is 0 Å². The Hall–Kier alpha value is -1.65. The van der Waals surface area contributed by atoms with E-state index in [9.17, 15) is 8.78 Å². The molecule has 1 unspecified atom stereocenters. The van der Waals surface area contributed by atoms with Gasteiger partial charge in [0.2, 0.25) is 0 Å². The number of likely N-dealkylation sites (N-methyl/N-ethyl adjacent to an activating group) is 1. The summed E-state index contributed by atoms with van der Waals surface area (Å²) >= 11 is 0. The van der Waals surface area contributed by atoms with E-state index in [1.807, 2.05) is 0 Å². The largest absolute Gasteiger partial charge is 0.370 e. The summed E-state index contributed by atoms with van der Waals surface area (Å²) in [4.78, 5) is 5.81. The molecule has 1 heterocycles. The van der Waals surface area contributed by atoms with Gasteiger partial charge in [-0.25, -0.2) is 8.78 Å². The van der Waals surface area contributed by atoms with Crippen LogP contribution in [0.3, 0.4) is 0 Å². The molecule has 0 amide bonds. The fourth-order valence-corrected chi connectivity index (χ4v) is 1.83. The Balaban J connectivity index is 2.29. The Kier molecular flexibility index (Phi) is 2.77. The topological polar surface area (TPSA) is 41.6 Å². The second kappa shape index (κ2) is 4.08. The average molecular weight is 225 g/mol. The lowest BCUT2D eigenvalue weighted by Crippen LogP contribution is -2.41. The van der Waals surface area contributed by atoms with Crippen molar-refractivity contribution in [2.45, 2.75) is 5.92 Å². The van der Waals surface area contributed by atoms with Crippen LogP contribution in [-0.2, 0) is 0 Å². The van der Waals surface area contributed by atoms with Crippen LogP contribution in [0.1, 0.15) is 11.5 Å². The fraction of sp³-hybridized carbons (Fsp3) is 0.364. The zero-order valence-electron chi connectivity index (χ0n) is 8.95. The Bertz CT molecular complexity index is 431. The van der Waals surface area contributed by atoms with Crippen LogP contribution < -0.4 is 5.73 Å². The number of hydrogen-bond donors (Lipinski definition) is 1. The zero-order chi connectivity index (χ0) is 11.7. The van der Waals surface area contributed by atoms with Crippen molar-refractivity contribution >= 4 is 5.96 Å². The third kappa shape index (κ3) is 1.98. The molecular formula is C11H13F2N3. The number of rotatable bonds is 1. The maximum Gasteiger partial charge on any atom is 0.191 e. The summed E-state index contributed by atoms with van der Waals surface area (Å²) in [6.45, 7) is 0.951. The number of guanidine groups is 1. The first-order valence-corrected chi connectivity index (χ1v) is 5.04. The maximum atomic E-state index is 13.5. The lowest BCUT2D eigenvalue weighted by atomic mass is 9.97. The highest BCUT2D eigenvalue weighted by Crippen LogP contribution is 2.23. The molecule has 0 radical (unpaired) electrons. The van der Waals surface area contributed by atoms with Crippen LogP contribution in [0.25, 0.3) is 0 Å². The van der Waals surface area contributed by atoms with Gasteiger partial charge in [0.25, 0.3) is 0 Å². The first kappa shape index (κ1) is 10.9. The SMILES string of the molecule is CN1CC(c2cc(F)ccc2F)CN=C1N. The summed E-state index contributed by atoms with van der Waals surface area (Å²) in [5, 5.41) is 0.